The van der Waals surface area contributed by atoms with E-state index in [1.54, 1.807) is 36.4 Å². The van der Waals surface area contributed by atoms with Crippen molar-refractivity contribution in [1.82, 2.24) is 4.31 Å². The van der Waals surface area contributed by atoms with E-state index < -0.39 is 10.0 Å². The van der Waals surface area contributed by atoms with Crippen LogP contribution in [0.5, 0.6) is 5.75 Å². The van der Waals surface area contributed by atoms with Gasteiger partial charge in [-0.15, -0.1) is 6.58 Å². The van der Waals surface area contributed by atoms with Crippen LogP contribution in [0.4, 0.5) is 0 Å². The van der Waals surface area contributed by atoms with Gasteiger partial charge < -0.3 is 4.74 Å². The van der Waals surface area contributed by atoms with Crippen LogP contribution in [0.2, 0.25) is 0 Å². The minimum Gasteiger partial charge on any atom is -0.489 e. The average Bonchev–Trinajstić information content (AvgIpc) is 2.61. The van der Waals surface area contributed by atoms with E-state index in [9.17, 15) is 8.42 Å². The van der Waals surface area contributed by atoms with Crippen molar-refractivity contribution in [1.29, 1.82) is 0 Å². The van der Waals surface area contributed by atoms with Gasteiger partial charge in [-0.1, -0.05) is 54.6 Å². The molecule has 0 spiro atoms. The van der Waals surface area contributed by atoms with Crippen LogP contribution < -0.4 is 4.74 Å². The Bertz CT molecular complexity index is 826. The topological polar surface area (TPSA) is 46.6 Å². The lowest BCUT2D eigenvalue weighted by Gasteiger charge is -2.22. The summed E-state index contributed by atoms with van der Waals surface area (Å²) in [5.74, 6) is 0.649. The van der Waals surface area contributed by atoms with E-state index in [0.29, 0.717) is 12.4 Å². The number of ether oxygens (including phenoxy) is 1. The minimum absolute atomic E-state index is 0.204. The lowest BCUT2D eigenvalue weighted by molar-refractivity contribution is 0.351. The SMILES string of the molecule is C=CCOc1ccccc1CN(CC=C)S(=O)(=O)c1ccc(C)cc1. The van der Waals surface area contributed by atoms with E-state index in [1.807, 2.05) is 31.2 Å². The minimum atomic E-state index is -3.63. The first-order valence-electron chi connectivity index (χ1n) is 7.98. The van der Waals surface area contributed by atoms with Gasteiger partial charge in [0.2, 0.25) is 10.0 Å². The van der Waals surface area contributed by atoms with E-state index in [1.165, 1.54) is 4.31 Å². The second-order valence-corrected chi connectivity index (χ2v) is 7.54. The zero-order valence-corrected chi connectivity index (χ0v) is 15.2. The first-order valence-corrected chi connectivity index (χ1v) is 9.42. The van der Waals surface area contributed by atoms with Gasteiger partial charge in [-0.2, -0.15) is 4.31 Å². The summed E-state index contributed by atoms with van der Waals surface area (Å²) in [5, 5.41) is 0. The standard InChI is InChI=1S/C20H23NO3S/c1-4-14-21(25(22,23)19-12-10-17(3)11-13-19)16-18-8-6-7-9-20(18)24-15-5-2/h4-13H,1-2,14-16H2,3H3. The van der Waals surface area contributed by atoms with Gasteiger partial charge in [0.25, 0.3) is 0 Å². The van der Waals surface area contributed by atoms with Gasteiger partial charge in [-0.05, 0) is 25.1 Å². The van der Waals surface area contributed by atoms with Gasteiger partial charge in [0.1, 0.15) is 12.4 Å². The third kappa shape index (κ3) is 4.81. The van der Waals surface area contributed by atoms with E-state index in [2.05, 4.69) is 13.2 Å². The molecule has 0 aliphatic heterocycles. The van der Waals surface area contributed by atoms with Crippen molar-refractivity contribution < 1.29 is 13.2 Å². The van der Waals surface area contributed by atoms with Crippen LogP contribution in [0.25, 0.3) is 0 Å². The molecule has 0 N–H and O–H groups in total. The fourth-order valence-corrected chi connectivity index (χ4v) is 3.75. The number of rotatable bonds is 9. The molecule has 0 saturated heterocycles. The van der Waals surface area contributed by atoms with Crippen LogP contribution in [0.15, 0.2) is 78.7 Å². The number of aryl methyl sites for hydroxylation is 1. The molecule has 0 radical (unpaired) electrons. The quantitative estimate of drug-likeness (QED) is 0.639. The second kappa shape index (κ2) is 8.65. The normalized spacial score (nSPS) is 11.3. The fraction of sp³-hybridized carbons (Fsp3) is 0.200. The van der Waals surface area contributed by atoms with Crippen molar-refractivity contribution in [3.63, 3.8) is 0 Å². The Morgan fingerprint density at radius 1 is 1.04 bits per heavy atom. The molecule has 2 rings (SSSR count). The van der Waals surface area contributed by atoms with E-state index >= 15 is 0 Å². The Morgan fingerprint density at radius 2 is 1.72 bits per heavy atom. The van der Waals surface area contributed by atoms with Crippen LogP contribution in [0, 0.1) is 6.92 Å². The van der Waals surface area contributed by atoms with Crippen LogP contribution >= 0.6 is 0 Å². The molecule has 0 aliphatic rings. The molecule has 5 heteroatoms. The fourth-order valence-electron chi connectivity index (χ4n) is 2.36. The highest BCUT2D eigenvalue weighted by Gasteiger charge is 2.24. The van der Waals surface area contributed by atoms with Crippen LogP contribution in [0.3, 0.4) is 0 Å². The van der Waals surface area contributed by atoms with Gasteiger partial charge in [0.15, 0.2) is 0 Å². The molecule has 0 bridgehead atoms. The molecule has 0 aromatic heterocycles. The van der Waals surface area contributed by atoms with Gasteiger partial charge >= 0.3 is 0 Å². The number of para-hydroxylation sites is 1. The van der Waals surface area contributed by atoms with Crippen molar-refractivity contribution in [3.8, 4) is 5.75 Å². The molecular formula is C20H23NO3S. The lowest BCUT2D eigenvalue weighted by Crippen LogP contribution is -2.31. The third-order valence-corrected chi connectivity index (χ3v) is 5.49. The maximum Gasteiger partial charge on any atom is 0.243 e. The summed E-state index contributed by atoms with van der Waals surface area (Å²) in [4.78, 5) is 0.268. The average molecular weight is 357 g/mol. The highest BCUT2D eigenvalue weighted by atomic mass is 32.2. The van der Waals surface area contributed by atoms with Crippen LogP contribution in [0.1, 0.15) is 11.1 Å². The number of hydrogen-bond acceptors (Lipinski definition) is 3. The van der Waals surface area contributed by atoms with Gasteiger partial charge in [-0.25, -0.2) is 8.42 Å². The monoisotopic (exact) mass is 357 g/mol. The molecule has 0 atom stereocenters. The van der Waals surface area contributed by atoms with E-state index in [4.69, 9.17) is 4.74 Å². The Kier molecular flexibility index (Phi) is 6.56. The van der Waals surface area contributed by atoms with Gasteiger partial charge in [-0.3, -0.25) is 0 Å². The Hall–Kier alpha value is -2.37. The van der Waals surface area contributed by atoms with Crippen molar-refractivity contribution in [3.05, 3.63) is 85.0 Å². The summed E-state index contributed by atoms with van der Waals surface area (Å²) in [7, 11) is -3.63. The molecule has 0 aliphatic carbocycles. The number of sulfonamides is 1. The number of hydrogen-bond donors (Lipinski definition) is 0. The molecule has 2 aromatic carbocycles. The predicted octanol–water partition coefficient (Wildman–Crippen LogP) is 3.94. The molecule has 4 nitrogen and oxygen atoms in total. The van der Waals surface area contributed by atoms with Crippen molar-refractivity contribution in [2.24, 2.45) is 0 Å². The molecule has 25 heavy (non-hydrogen) atoms. The Morgan fingerprint density at radius 3 is 2.36 bits per heavy atom. The van der Waals surface area contributed by atoms with Crippen LogP contribution in [-0.4, -0.2) is 25.9 Å². The summed E-state index contributed by atoms with van der Waals surface area (Å²) in [6, 6.07) is 14.2. The highest BCUT2D eigenvalue weighted by Crippen LogP contribution is 2.24. The smallest absolute Gasteiger partial charge is 0.243 e. The molecule has 0 amide bonds. The predicted molar refractivity (Wildman–Crippen MR) is 101 cm³/mol. The summed E-state index contributed by atoms with van der Waals surface area (Å²) in [6.07, 6.45) is 3.24. The molecule has 0 unspecified atom stereocenters. The summed E-state index contributed by atoms with van der Waals surface area (Å²) < 4.78 is 33.0. The van der Waals surface area contributed by atoms with Crippen molar-refractivity contribution >= 4 is 10.0 Å². The third-order valence-electron chi connectivity index (χ3n) is 3.67. The van der Waals surface area contributed by atoms with E-state index in [0.717, 1.165) is 11.1 Å². The summed E-state index contributed by atoms with van der Waals surface area (Å²) in [6.45, 7) is 10.0. The second-order valence-electron chi connectivity index (χ2n) is 5.61. The first-order chi connectivity index (χ1) is 12.0. The molecule has 0 fully saturated rings. The lowest BCUT2D eigenvalue weighted by atomic mass is 10.2. The molecule has 2 aromatic rings. The maximum atomic E-state index is 13.0. The first kappa shape index (κ1) is 19.0. The molecule has 0 saturated carbocycles. The molecular weight excluding hydrogens is 334 g/mol. The van der Waals surface area contributed by atoms with Crippen molar-refractivity contribution in [2.45, 2.75) is 18.4 Å². The molecule has 132 valence electrons. The zero-order chi connectivity index (χ0) is 18.3. The maximum absolute atomic E-state index is 13.0. The van der Waals surface area contributed by atoms with Gasteiger partial charge in [0.05, 0.1) is 4.90 Å². The largest absolute Gasteiger partial charge is 0.489 e. The van der Waals surface area contributed by atoms with Crippen molar-refractivity contribution in [2.75, 3.05) is 13.2 Å². The van der Waals surface area contributed by atoms with Crippen LogP contribution in [-0.2, 0) is 16.6 Å². The Balaban J connectivity index is 2.34. The number of nitrogens with zero attached hydrogens (tertiary/aromatic N) is 1. The van der Waals surface area contributed by atoms with Gasteiger partial charge in [0, 0.05) is 18.7 Å². The Labute approximate surface area is 150 Å². The highest BCUT2D eigenvalue weighted by molar-refractivity contribution is 7.89. The molecule has 0 heterocycles. The summed E-state index contributed by atoms with van der Waals surface area (Å²) >= 11 is 0. The van der Waals surface area contributed by atoms with E-state index in [-0.39, 0.29) is 18.0 Å². The number of benzene rings is 2. The zero-order valence-electron chi connectivity index (χ0n) is 14.4. The summed E-state index contributed by atoms with van der Waals surface area (Å²) in [5.41, 5.74) is 1.80.